The minimum Gasteiger partial charge on any atom is -0.489 e. The van der Waals surface area contributed by atoms with Gasteiger partial charge in [-0.15, -0.1) is 0 Å². The summed E-state index contributed by atoms with van der Waals surface area (Å²) in [4.78, 5) is 14.9. The highest BCUT2D eigenvalue weighted by atomic mass is 32.2. The van der Waals surface area contributed by atoms with Crippen LogP contribution in [-0.4, -0.2) is 49.7 Å². The summed E-state index contributed by atoms with van der Waals surface area (Å²) in [5.74, 6) is 0.355. The number of sulfonamides is 1. The predicted molar refractivity (Wildman–Crippen MR) is 123 cm³/mol. The van der Waals surface area contributed by atoms with Crippen LogP contribution >= 0.6 is 0 Å². The van der Waals surface area contributed by atoms with Gasteiger partial charge in [-0.25, -0.2) is 8.42 Å². The van der Waals surface area contributed by atoms with Crippen LogP contribution in [-0.2, 0) is 16.6 Å². The van der Waals surface area contributed by atoms with E-state index in [0.29, 0.717) is 30.0 Å². The molecule has 4 rings (SSSR count). The Hall–Kier alpha value is -3.67. The van der Waals surface area contributed by atoms with Gasteiger partial charge in [0.25, 0.3) is 5.91 Å². The number of benzene rings is 3. The van der Waals surface area contributed by atoms with Gasteiger partial charge in [0.1, 0.15) is 12.4 Å². The molecule has 0 unspecified atom stereocenters. The summed E-state index contributed by atoms with van der Waals surface area (Å²) < 4.78 is 32.8. The van der Waals surface area contributed by atoms with Gasteiger partial charge in [-0.2, -0.15) is 9.57 Å². The molecule has 1 saturated heterocycles. The van der Waals surface area contributed by atoms with Gasteiger partial charge in [-0.1, -0.05) is 42.5 Å². The maximum Gasteiger partial charge on any atom is 0.254 e. The fourth-order valence-electron chi connectivity index (χ4n) is 3.69. The average molecular weight is 462 g/mol. The third-order valence-corrected chi connectivity index (χ3v) is 7.43. The Kier molecular flexibility index (Phi) is 6.73. The number of carbonyl (C=O) groups is 1. The Labute approximate surface area is 193 Å². The molecule has 0 N–H and O–H groups in total. The van der Waals surface area contributed by atoms with E-state index < -0.39 is 10.0 Å². The lowest BCUT2D eigenvalue weighted by Gasteiger charge is -2.34. The molecule has 0 aromatic heterocycles. The van der Waals surface area contributed by atoms with Crippen LogP contribution in [0.2, 0.25) is 0 Å². The lowest BCUT2D eigenvalue weighted by molar-refractivity contribution is 0.0697. The molecule has 7 nitrogen and oxygen atoms in total. The lowest BCUT2D eigenvalue weighted by atomic mass is 10.1. The van der Waals surface area contributed by atoms with E-state index in [1.54, 1.807) is 71.6 Å². The summed E-state index contributed by atoms with van der Waals surface area (Å²) in [6, 6.07) is 24.6. The van der Waals surface area contributed by atoms with Gasteiger partial charge in [-0.3, -0.25) is 4.79 Å². The Balaban J connectivity index is 1.39. The molecule has 1 amide bonds. The van der Waals surface area contributed by atoms with E-state index in [2.05, 4.69) is 6.07 Å². The van der Waals surface area contributed by atoms with E-state index in [0.717, 1.165) is 5.56 Å². The standard InChI is InChI=1S/C25H23N3O4S/c26-18-21-7-4-5-8-22(21)19-32-23-10-6-9-20(17-23)25(29)27-13-15-28(16-14-27)33(30,31)24-11-2-1-3-12-24/h1-12,17H,13-16,19H2. The molecule has 0 aliphatic carbocycles. The molecular weight excluding hydrogens is 438 g/mol. The van der Waals surface area contributed by atoms with Crippen LogP contribution < -0.4 is 4.74 Å². The number of amides is 1. The van der Waals surface area contributed by atoms with Gasteiger partial charge in [-0.05, 0) is 36.4 Å². The van der Waals surface area contributed by atoms with Crippen molar-refractivity contribution in [3.05, 3.63) is 95.6 Å². The van der Waals surface area contributed by atoms with Crippen molar-refractivity contribution in [2.75, 3.05) is 26.2 Å². The molecule has 0 saturated carbocycles. The maximum atomic E-state index is 13.0. The molecule has 0 radical (unpaired) electrons. The van der Waals surface area contributed by atoms with Crippen LogP contribution in [0.15, 0.2) is 83.8 Å². The van der Waals surface area contributed by atoms with Gasteiger partial charge in [0.2, 0.25) is 10.0 Å². The second kappa shape index (κ2) is 9.86. The molecule has 0 atom stereocenters. The second-order valence-electron chi connectivity index (χ2n) is 7.59. The highest BCUT2D eigenvalue weighted by Gasteiger charge is 2.30. The maximum absolute atomic E-state index is 13.0. The highest BCUT2D eigenvalue weighted by Crippen LogP contribution is 2.21. The number of hydrogen-bond acceptors (Lipinski definition) is 5. The largest absolute Gasteiger partial charge is 0.489 e. The lowest BCUT2D eigenvalue weighted by Crippen LogP contribution is -2.50. The number of ether oxygens (including phenoxy) is 1. The zero-order valence-electron chi connectivity index (χ0n) is 17.9. The van der Waals surface area contributed by atoms with E-state index in [1.807, 2.05) is 12.1 Å². The van der Waals surface area contributed by atoms with Crippen LogP contribution in [0.5, 0.6) is 5.75 Å². The van der Waals surface area contributed by atoms with Gasteiger partial charge < -0.3 is 9.64 Å². The highest BCUT2D eigenvalue weighted by molar-refractivity contribution is 7.89. The quantitative estimate of drug-likeness (QED) is 0.562. The number of piperazine rings is 1. The number of nitrogens with zero attached hydrogens (tertiary/aromatic N) is 3. The molecular formula is C25H23N3O4S. The van der Waals surface area contributed by atoms with Gasteiger partial charge in [0.05, 0.1) is 16.5 Å². The van der Waals surface area contributed by atoms with E-state index in [1.165, 1.54) is 4.31 Å². The Morgan fingerprint density at radius 1 is 0.909 bits per heavy atom. The number of rotatable bonds is 6. The number of nitriles is 1. The van der Waals surface area contributed by atoms with Crippen LogP contribution in [0.3, 0.4) is 0 Å². The molecule has 0 bridgehead atoms. The van der Waals surface area contributed by atoms with Gasteiger partial charge in [0.15, 0.2) is 0 Å². The van der Waals surface area contributed by atoms with E-state index in [9.17, 15) is 18.5 Å². The summed E-state index contributed by atoms with van der Waals surface area (Å²) in [5, 5.41) is 9.21. The van der Waals surface area contributed by atoms with Crippen molar-refractivity contribution < 1.29 is 17.9 Å². The molecule has 1 fully saturated rings. The van der Waals surface area contributed by atoms with Crippen molar-refractivity contribution in [2.45, 2.75) is 11.5 Å². The first-order valence-corrected chi connectivity index (χ1v) is 12.0. The van der Waals surface area contributed by atoms with Gasteiger partial charge >= 0.3 is 0 Å². The molecule has 33 heavy (non-hydrogen) atoms. The van der Waals surface area contributed by atoms with E-state index >= 15 is 0 Å². The van der Waals surface area contributed by atoms with Crippen LogP contribution in [0.1, 0.15) is 21.5 Å². The molecule has 8 heteroatoms. The Morgan fingerprint density at radius 3 is 2.33 bits per heavy atom. The third kappa shape index (κ3) is 5.06. The number of carbonyl (C=O) groups excluding carboxylic acids is 1. The Morgan fingerprint density at radius 2 is 1.61 bits per heavy atom. The summed E-state index contributed by atoms with van der Waals surface area (Å²) in [5.41, 5.74) is 1.79. The summed E-state index contributed by atoms with van der Waals surface area (Å²) in [6.45, 7) is 1.32. The molecule has 168 valence electrons. The fraction of sp³-hybridized carbons (Fsp3) is 0.200. The monoisotopic (exact) mass is 461 g/mol. The SMILES string of the molecule is N#Cc1ccccc1COc1cccc(C(=O)N2CCN(S(=O)(=O)c3ccccc3)CC2)c1. The summed E-state index contributed by atoms with van der Waals surface area (Å²) in [7, 11) is -3.57. The minimum absolute atomic E-state index is 0.172. The van der Waals surface area contributed by atoms with Gasteiger partial charge in [0, 0.05) is 37.3 Å². The summed E-state index contributed by atoms with van der Waals surface area (Å²) in [6.07, 6.45) is 0. The Bertz CT molecular complexity index is 1280. The first-order chi connectivity index (χ1) is 16.0. The molecule has 3 aromatic carbocycles. The van der Waals surface area contributed by atoms with Crippen molar-refractivity contribution in [3.8, 4) is 11.8 Å². The molecule has 0 spiro atoms. The first kappa shape index (κ1) is 22.5. The van der Waals surface area contributed by atoms with Crippen molar-refractivity contribution >= 4 is 15.9 Å². The van der Waals surface area contributed by atoms with E-state index in [4.69, 9.17) is 4.74 Å². The second-order valence-corrected chi connectivity index (χ2v) is 9.53. The molecule has 3 aromatic rings. The van der Waals surface area contributed by atoms with Crippen molar-refractivity contribution in [3.63, 3.8) is 0 Å². The first-order valence-electron chi connectivity index (χ1n) is 10.5. The topological polar surface area (TPSA) is 90.7 Å². The van der Waals surface area contributed by atoms with Crippen LogP contribution in [0.4, 0.5) is 0 Å². The minimum atomic E-state index is -3.57. The number of hydrogen-bond donors (Lipinski definition) is 0. The molecule has 1 heterocycles. The van der Waals surface area contributed by atoms with Crippen molar-refractivity contribution in [1.82, 2.24) is 9.21 Å². The van der Waals surface area contributed by atoms with Crippen molar-refractivity contribution in [1.29, 1.82) is 5.26 Å². The normalized spacial score (nSPS) is 14.5. The zero-order valence-corrected chi connectivity index (χ0v) is 18.7. The average Bonchev–Trinajstić information content (AvgIpc) is 2.88. The van der Waals surface area contributed by atoms with Crippen molar-refractivity contribution in [2.24, 2.45) is 0 Å². The summed E-state index contributed by atoms with van der Waals surface area (Å²) >= 11 is 0. The molecule has 1 aliphatic heterocycles. The van der Waals surface area contributed by atoms with Crippen LogP contribution in [0, 0.1) is 11.3 Å². The fourth-order valence-corrected chi connectivity index (χ4v) is 5.13. The predicted octanol–water partition coefficient (Wildman–Crippen LogP) is 3.28. The van der Waals surface area contributed by atoms with Crippen LogP contribution in [0.25, 0.3) is 0 Å². The third-order valence-electron chi connectivity index (χ3n) is 5.52. The van der Waals surface area contributed by atoms with E-state index in [-0.39, 0.29) is 30.5 Å². The smallest absolute Gasteiger partial charge is 0.254 e. The molecule has 1 aliphatic rings. The zero-order chi connectivity index (χ0) is 23.3.